The minimum atomic E-state index is 0.315. The first-order valence-corrected chi connectivity index (χ1v) is 6.19. The van der Waals surface area contributed by atoms with E-state index in [0.29, 0.717) is 34.6 Å². The van der Waals surface area contributed by atoms with Gasteiger partial charge in [0.25, 0.3) is 5.88 Å². The van der Waals surface area contributed by atoms with Crippen LogP contribution in [0.5, 0.6) is 23.1 Å². The van der Waals surface area contributed by atoms with Crippen LogP contribution in [0, 0.1) is 0 Å². The van der Waals surface area contributed by atoms with Crippen molar-refractivity contribution in [2.45, 2.75) is 0 Å². The number of benzene rings is 1. The summed E-state index contributed by atoms with van der Waals surface area (Å²) in [5.41, 5.74) is 6.34. The molecule has 0 unspecified atom stereocenters. The fourth-order valence-electron chi connectivity index (χ4n) is 1.94. The Morgan fingerprint density at radius 2 is 1.71 bits per heavy atom. The van der Waals surface area contributed by atoms with Crippen LogP contribution in [0.2, 0.25) is 0 Å². The Hall–Kier alpha value is -2.96. The van der Waals surface area contributed by atoms with Gasteiger partial charge in [0.2, 0.25) is 5.65 Å². The number of hydrogen-bond donors (Lipinski definition) is 1. The molecule has 1 aromatic carbocycles. The van der Waals surface area contributed by atoms with Crippen LogP contribution in [0.25, 0.3) is 5.65 Å². The highest BCUT2D eigenvalue weighted by molar-refractivity contribution is 5.55. The highest BCUT2D eigenvalue weighted by atomic mass is 16.5. The molecular formula is C14H14N4O3. The molecule has 2 N–H and O–H groups in total. The summed E-state index contributed by atoms with van der Waals surface area (Å²) in [5.74, 6) is 2.41. The molecule has 0 atom stereocenters. The van der Waals surface area contributed by atoms with E-state index in [9.17, 15) is 0 Å². The molecule has 7 nitrogen and oxygen atoms in total. The zero-order chi connectivity index (χ0) is 14.8. The number of anilines is 1. The maximum atomic E-state index is 5.78. The molecule has 3 aromatic rings. The third-order valence-corrected chi connectivity index (χ3v) is 2.90. The number of imidazole rings is 1. The third-order valence-electron chi connectivity index (χ3n) is 2.90. The average molecular weight is 286 g/mol. The Balaban J connectivity index is 2.03. The van der Waals surface area contributed by atoms with Gasteiger partial charge in [-0.1, -0.05) is 0 Å². The molecule has 0 saturated carbocycles. The first-order chi connectivity index (χ1) is 10.2. The van der Waals surface area contributed by atoms with E-state index in [1.807, 2.05) is 0 Å². The molecule has 0 saturated heterocycles. The topological polar surface area (TPSA) is 83.9 Å². The van der Waals surface area contributed by atoms with E-state index < -0.39 is 0 Å². The van der Waals surface area contributed by atoms with Gasteiger partial charge in [0, 0.05) is 30.6 Å². The van der Waals surface area contributed by atoms with Gasteiger partial charge in [-0.3, -0.25) is 4.40 Å². The van der Waals surface area contributed by atoms with Crippen molar-refractivity contribution in [3.05, 3.63) is 36.8 Å². The molecular weight excluding hydrogens is 272 g/mol. The van der Waals surface area contributed by atoms with Gasteiger partial charge in [-0.15, -0.1) is 0 Å². The van der Waals surface area contributed by atoms with Gasteiger partial charge in [-0.2, -0.15) is 4.98 Å². The van der Waals surface area contributed by atoms with Crippen molar-refractivity contribution in [2.24, 2.45) is 0 Å². The number of hydrogen-bond acceptors (Lipinski definition) is 6. The Kier molecular flexibility index (Phi) is 3.23. The van der Waals surface area contributed by atoms with Gasteiger partial charge < -0.3 is 19.9 Å². The summed E-state index contributed by atoms with van der Waals surface area (Å²) >= 11 is 0. The number of nitrogens with two attached hydrogens (primary N) is 1. The Morgan fingerprint density at radius 1 is 1.05 bits per heavy atom. The maximum Gasteiger partial charge on any atom is 0.265 e. The summed E-state index contributed by atoms with van der Waals surface area (Å²) in [6.07, 6.45) is 5.09. The molecule has 0 amide bonds. The Labute approximate surface area is 120 Å². The number of fused-ring (bicyclic) bond motifs is 1. The van der Waals surface area contributed by atoms with Crippen molar-refractivity contribution >= 4 is 11.5 Å². The highest BCUT2D eigenvalue weighted by Crippen LogP contribution is 2.31. The molecule has 108 valence electrons. The van der Waals surface area contributed by atoms with Crippen molar-refractivity contribution in [3.63, 3.8) is 0 Å². The second-order valence-electron chi connectivity index (χ2n) is 4.28. The molecule has 0 aliphatic carbocycles. The zero-order valence-corrected chi connectivity index (χ0v) is 11.6. The minimum Gasteiger partial charge on any atom is -0.496 e. The lowest BCUT2D eigenvalue weighted by Gasteiger charge is -2.10. The normalized spacial score (nSPS) is 10.6. The second-order valence-corrected chi connectivity index (χ2v) is 4.28. The maximum absolute atomic E-state index is 5.78. The number of rotatable bonds is 4. The predicted octanol–water partition coefficient (Wildman–Crippen LogP) is 2.12. The molecule has 7 heteroatoms. The van der Waals surface area contributed by atoms with Gasteiger partial charge in [-0.05, 0) is 0 Å². The Morgan fingerprint density at radius 3 is 2.38 bits per heavy atom. The van der Waals surface area contributed by atoms with Crippen LogP contribution in [-0.4, -0.2) is 28.6 Å². The summed E-state index contributed by atoms with van der Waals surface area (Å²) in [6, 6.07) is 5.21. The molecule has 0 radical (unpaired) electrons. The zero-order valence-electron chi connectivity index (χ0n) is 11.6. The van der Waals surface area contributed by atoms with Crippen molar-refractivity contribution in [1.82, 2.24) is 14.4 Å². The van der Waals surface area contributed by atoms with Crippen LogP contribution in [0.4, 0.5) is 5.82 Å². The average Bonchev–Trinajstić information content (AvgIpc) is 2.95. The van der Waals surface area contributed by atoms with Gasteiger partial charge in [0.15, 0.2) is 0 Å². The number of nitrogens with zero attached hydrogens (tertiary/aromatic N) is 3. The van der Waals surface area contributed by atoms with Crippen molar-refractivity contribution in [1.29, 1.82) is 0 Å². The molecule has 21 heavy (non-hydrogen) atoms. The van der Waals surface area contributed by atoms with Crippen LogP contribution in [0.15, 0.2) is 36.8 Å². The van der Waals surface area contributed by atoms with Crippen LogP contribution in [-0.2, 0) is 0 Å². The van der Waals surface area contributed by atoms with Crippen LogP contribution in [0.1, 0.15) is 0 Å². The summed E-state index contributed by atoms with van der Waals surface area (Å²) < 4.78 is 17.9. The minimum absolute atomic E-state index is 0.315. The van der Waals surface area contributed by atoms with Gasteiger partial charge >= 0.3 is 0 Å². The fraction of sp³-hybridized carbons (Fsp3) is 0.143. The van der Waals surface area contributed by atoms with Crippen LogP contribution < -0.4 is 19.9 Å². The molecule has 0 bridgehead atoms. The highest BCUT2D eigenvalue weighted by Gasteiger charge is 2.10. The summed E-state index contributed by atoms with van der Waals surface area (Å²) in [6.45, 7) is 0. The lowest BCUT2D eigenvalue weighted by atomic mass is 10.3. The second kappa shape index (κ2) is 5.20. The van der Waals surface area contributed by atoms with Crippen LogP contribution in [0.3, 0.4) is 0 Å². The number of methoxy groups -OCH3 is 2. The van der Waals surface area contributed by atoms with E-state index in [0.717, 1.165) is 0 Å². The molecule has 0 aliphatic rings. The van der Waals surface area contributed by atoms with E-state index in [2.05, 4.69) is 9.97 Å². The largest absolute Gasteiger partial charge is 0.496 e. The monoisotopic (exact) mass is 286 g/mol. The SMILES string of the molecule is COc1cc(OC)cc(Oc2nc(N)cn3ccnc23)c1. The van der Waals surface area contributed by atoms with Crippen LogP contribution >= 0.6 is 0 Å². The van der Waals surface area contributed by atoms with E-state index in [-0.39, 0.29) is 0 Å². The van der Waals surface area contributed by atoms with Gasteiger partial charge in [-0.25, -0.2) is 4.98 Å². The molecule has 2 aromatic heterocycles. The third kappa shape index (κ3) is 2.53. The quantitative estimate of drug-likeness (QED) is 0.791. The number of ether oxygens (including phenoxy) is 3. The molecule has 3 rings (SSSR count). The van der Waals surface area contributed by atoms with E-state index in [1.54, 1.807) is 55.4 Å². The van der Waals surface area contributed by atoms with Crippen molar-refractivity contribution < 1.29 is 14.2 Å². The smallest absolute Gasteiger partial charge is 0.265 e. The van der Waals surface area contributed by atoms with E-state index >= 15 is 0 Å². The lowest BCUT2D eigenvalue weighted by Crippen LogP contribution is -1.99. The van der Waals surface area contributed by atoms with Crippen molar-refractivity contribution in [2.75, 3.05) is 20.0 Å². The standard InChI is InChI=1S/C14H14N4O3/c1-19-9-5-10(20-2)7-11(6-9)21-14-13-16-3-4-18(13)8-12(15)17-14/h3-8H,15H2,1-2H3. The molecule has 0 aliphatic heterocycles. The van der Waals surface area contributed by atoms with Gasteiger partial charge in [0.1, 0.15) is 23.1 Å². The molecule has 0 spiro atoms. The van der Waals surface area contributed by atoms with Gasteiger partial charge in [0.05, 0.1) is 20.4 Å². The van der Waals surface area contributed by atoms with Crippen molar-refractivity contribution in [3.8, 4) is 23.1 Å². The lowest BCUT2D eigenvalue weighted by molar-refractivity contribution is 0.385. The number of nitrogen functional groups attached to an aromatic ring is 1. The summed E-state index contributed by atoms with van der Waals surface area (Å²) in [4.78, 5) is 8.37. The molecule has 2 heterocycles. The first kappa shape index (κ1) is 13.0. The molecule has 0 fully saturated rings. The first-order valence-electron chi connectivity index (χ1n) is 6.19. The summed E-state index contributed by atoms with van der Waals surface area (Å²) in [5, 5.41) is 0. The Bertz CT molecular complexity index is 763. The van der Waals surface area contributed by atoms with E-state index in [1.165, 1.54) is 0 Å². The number of aromatic nitrogens is 3. The fourth-order valence-corrected chi connectivity index (χ4v) is 1.94. The summed E-state index contributed by atoms with van der Waals surface area (Å²) in [7, 11) is 3.15. The predicted molar refractivity (Wildman–Crippen MR) is 77.0 cm³/mol. The van der Waals surface area contributed by atoms with E-state index in [4.69, 9.17) is 19.9 Å².